The molecule has 1 atom stereocenters. The van der Waals surface area contributed by atoms with Gasteiger partial charge in [-0.3, -0.25) is 9.69 Å². The minimum Gasteiger partial charge on any atom is -0.478 e. The first-order chi connectivity index (χ1) is 12.0. The molecular weight excluding hydrogens is 323 g/mol. The number of halogens is 1. The molecule has 2 aromatic carbocycles. The number of carbonyl (C=O) groups is 2. The summed E-state index contributed by atoms with van der Waals surface area (Å²) < 4.78 is 13.4. The number of carbonyl (C=O) groups excluding carboxylic acids is 1. The molecule has 0 radical (unpaired) electrons. The molecule has 1 aliphatic rings. The molecule has 1 amide bonds. The fourth-order valence-corrected chi connectivity index (χ4v) is 3.19. The number of rotatable bonds is 4. The van der Waals surface area contributed by atoms with Crippen molar-refractivity contribution in [3.05, 3.63) is 70.5 Å². The van der Waals surface area contributed by atoms with E-state index in [1.54, 1.807) is 0 Å². The van der Waals surface area contributed by atoms with Crippen molar-refractivity contribution in [2.75, 3.05) is 13.1 Å². The summed E-state index contributed by atoms with van der Waals surface area (Å²) in [4.78, 5) is 25.8. The first-order valence-electron chi connectivity index (χ1n) is 8.06. The van der Waals surface area contributed by atoms with Crippen molar-refractivity contribution >= 4 is 11.9 Å². The summed E-state index contributed by atoms with van der Waals surface area (Å²) in [5.74, 6) is -1.88. The highest BCUT2D eigenvalue weighted by Crippen LogP contribution is 2.27. The molecule has 1 aliphatic heterocycles. The number of amides is 1. The van der Waals surface area contributed by atoms with Crippen LogP contribution in [0.2, 0.25) is 0 Å². The van der Waals surface area contributed by atoms with Crippen LogP contribution in [0.25, 0.3) is 0 Å². The van der Waals surface area contributed by atoms with E-state index in [0.717, 1.165) is 17.2 Å². The van der Waals surface area contributed by atoms with E-state index < -0.39 is 17.8 Å². The van der Waals surface area contributed by atoms with Gasteiger partial charge in [0.05, 0.1) is 5.56 Å². The smallest absolute Gasteiger partial charge is 0.336 e. The molecule has 0 aliphatic carbocycles. The van der Waals surface area contributed by atoms with Gasteiger partial charge in [0.1, 0.15) is 11.9 Å². The molecule has 1 fully saturated rings. The van der Waals surface area contributed by atoms with Crippen LogP contribution in [0.5, 0.6) is 0 Å². The number of aromatic carboxylic acids is 1. The molecule has 1 unspecified atom stereocenters. The van der Waals surface area contributed by atoms with Crippen LogP contribution in [0.4, 0.5) is 4.39 Å². The molecule has 1 saturated heterocycles. The number of nitrogens with one attached hydrogen (secondary N) is 1. The fourth-order valence-electron chi connectivity index (χ4n) is 3.19. The third-order valence-electron chi connectivity index (χ3n) is 4.35. The Morgan fingerprint density at radius 3 is 2.84 bits per heavy atom. The van der Waals surface area contributed by atoms with Crippen molar-refractivity contribution in [2.24, 2.45) is 0 Å². The van der Waals surface area contributed by atoms with Crippen molar-refractivity contribution in [2.45, 2.75) is 19.5 Å². The standard InChI is InChI=1S/C19H19FN2O3/c1-12-3-2-4-13(9-12)17-18(23)21-7-8-22(17)11-14-5-6-15(20)10-16(14)19(24)25/h2-6,9-10,17H,7-8,11H2,1H3,(H,21,23)(H,24,25). The number of benzene rings is 2. The summed E-state index contributed by atoms with van der Waals surface area (Å²) in [6.45, 7) is 3.29. The van der Waals surface area contributed by atoms with Gasteiger partial charge in [-0.2, -0.15) is 0 Å². The zero-order chi connectivity index (χ0) is 18.0. The maximum absolute atomic E-state index is 13.4. The van der Waals surface area contributed by atoms with Crippen LogP contribution in [0.15, 0.2) is 42.5 Å². The Morgan fingerprint density at radius 2 is 2.12 bits per heavy atom. The van der Waals surface area contributed by atoms with Gasteiger partial charge in [-0.25, -0.2) is 9.18 Å². The van der Waals surface area contributed by atoms with Crippen LogP contribution in [0.3, 0.4) is 0 Å². The molecule has 25 heavy (non-hydrogen) atoms. The maximum Gasteiger partial charge on any atom is 0.336 e. The minimum atomic E-state index is -1.18. The van der Waals surface area contributed by atoms with Crippen molar-refractivity contribution in [1.82, 2.24) is 10.2 Å². The molecule has 6 heteroatoms. The highest BCUT2D eigenvalue weighted by Gasteiger charge is 2.31. The molecule has 130 valence electrons. The Morgan fingerprint density at radius 1 is 1.32 bits per heavy atom. The summed E-state index contributed by atoms with van der Waals surface area (Å²) in [6, 6.07) is 10.9. The lowest BCUT2D eigenvalue weighted by Crippen LogP contribution is -2.49. The predicted molar refractivity (Wildman–Crippen MR) is 90.7 cm³/mol. The Labute approximate surface area is 145 Å². The number of hydrogen-bond acceptors (Lipinski definition) is 3. The van der Waals surface area contributed by atoms with E-state index in [2.05, 4.69) is 5.32 Å². The van der Waals surface area contributed by atoms with Gasteiger partial charge in [0.2, 0.25) is 5.91 Å². The summed E-state index contributed by atoms with van der Waals surface area (Å²) in [6.07, 6.45) is 0. The van der Waals surface area contributed by atoms with Crippen molar-refractivity contribution in [3.8, 4) is 0 Å². The largest absolute Gasteiger partial charge is 0.478 e. The Kier molecular flexibility index (Phi) is 4.81. The summed E-state index contributed by atoms with van der Waals surface area (Å²) in [5.41, 5.74) is 2.32. The van der Waals surface area contributed by atoms with E-state index in [4.69, 9.17) is 0 Å². The minimum absolute atomic E-state index is 0.0750. The summed E-state index contributed by atoms with van der Waals surface area (Å²) >= 11 is 0. The van der Waals surface area contributed by atoms with Gasteiger partial charge in [0, 0.05) is 19.6 Å². The van der Waals surface area contributed by atoms with Crippen LogP contribution in [0.1, 0.15) is 33.1 Å². The number of aryl methyl sites for hydroxylation is 1. The van der Waals surface area contributed by atoms with Crippen LogP contribution in [-0.4, -0.2) is 35.0 Å². The molecule has 2 N–H and O–H groups in total. The average molecular weight is 342 g/mol. The lowest BCUT2D eigenvalue weighted by atomic mass is 9.98. The number of carboxylic acid groups (broad SMARTS) is 1. The predicted octanol–water partition coefficient (Wildman–Crippen LogP) is 2.51. The number of piperazine rings is 1. The highest BCUT2D eigenvalue weighted by atomic mass is 19.1. The van der Waals surface area contributed by atoms with Gasteiger partial charge in [-0.15, -0.1) is 0 Å². The van der Waals surface area contributed by atoms with E-state index >= 15 is 0 Å². The first-order valence-corrected chi connectivity index (χ1v) is 8.06. The lowest BCUT2D eigenvalue weighted by Gasteiger charge is -2.35. The van der Waals surface area contributed by atoms with E-state index in [1.807, 2.05) is 36.1 Å². The number of nitrogens with zero attached hydrogens (tertiary/aromatic N) is 1. The molecule has 0 saturated carbocycles. The van der Waals surface area contributed by atoms with E-state index in [0.29, 0.717) is 18.7 Å². The van der Waals surface area contributed by atoms with Gasteiger partial charge >= 0.3 is 5.97 Å². The van der Waals surface area contributed by atoms with Crippen LogP contribution >= 0.6 is 0 Å². The summed E-state index contributed by atoms with van der Waals surface area (Å²) in [5, 5.41) is 12.2. The molecule has 5 nitrogen and oxygen atoms in total. The molecule has 0 bridgehead atoms. The van der Waals surface area contributed by atoms with E-state index in [9.17, 15) is 19.1 Å². The third kappa shape index (κ3) is 3.69. The second-order valence-corrected chi connectivity index (χ2v) is 6.18. The van der Waals surface area contributed by atoms with Gasteiger partial charge in [0.15, 0.2) is 0 Å². The Balaban J connectivity index is 1.95. The van der Waals surface area contributed by atoms with Crippen LogP contribution in [-0.2, 0) is 11.3 Å². The Bertz CT molecular complexity index is 822. The van der Waals surface area contributed by atoms with Gasteiger partial charge < -0.3 is 10.4 Å². The third-order valence-corrected chi connectivity index (χ3v) is 4.35. The SMILES string of the molecule is Cc1cccc(C2C(=O)NCCN2Cc2ccc(F)cc2C(=O)O)c1. The van der Waals surface area contributed by atoms with Crippen LogP contribution in [0, 0.1) is 12.7 Å². The number of carboxylic acids is 1. The van der Waals surface area contributed by atoms with E-state index in [1.165, 1.54) is 12.1 Å². The molecule has 1 heterocycles. The lowest BCUT2D eigenvalue weighted by molar-refractivity contribution is -0.129. The van der Waals surface area contributed by atoms with Crippen molar-refractivity contribution < 1.29 is 19.1 Å². The normalized spacial score (nSPS) is 18.0. The molecular formula is C19H19FN2O3. The van der Waals surface area contributed by atoms with Gasteiger partial charge in [-0.1, -0.05) is 35.9 Å². The zero-order valence-corrected chi connectivity index (χ0v) is 13.8. The molecule has 0 spiro atoms. The number of hydrogen-bond donors (Lipinski definition) is 2. The molecule has 0 aromatic heterocycles. The first kappa shape index (κ1) is 17.1. The van der Waals surface area contributed by atoms with Gasteiger partial charge in [0.25, 0.3) is 0 Å². The summed E-state index contributed by atoms with van der Waals surface area (Å²) in [7, 11) is 0. The second-order valence-electron chi connectivity index (χ2n) is 6.18. The molecule has 3 rings (SSSR count). The van der Waals surface area contributed by atoms with Crippen molar-refractivity contribution in [3.63, 3.8) is 0 Å². The maximum atomic E-state index is 13.4. The Hall–Kier alpha value is -2.73. The topological polar surface area (TPSA) is 69.6 Å². The van der Waals surface area contributed by atoms with Crippen LogP contribution < -0.4 is 5.32 Å². The van der Waals surface area contributed by atoms with Crippen molar-refractivity contribution in [1.29, 1.82) is 0 Å². The average Bonchev–Trinajstić information content (AvgIpc) is 2.56. The quantitative estimate of drug-likeness (QED) is 0.896. The van der Waals surface area contributed by atoms with Gasteiger partial charge in [-0.05, 0) is 30.2 Å². The monoisotopic (exact) mass is 342 g/mol. The zero-order valence-electron chi connectivity index (χ0n) is 13.8. The fraction of sp³-hybridized carbons (Fsp3) is 0.263. The van der Waals surface area contributed by atoms with E-state index in [-0.39, 0.29) is 18.0 Å². The molecule has 2 aromatic rings. The highest BCUT2D eigenvalue weighted by molar-refractivity contribution is 5.89. The second kappa shape index (κ2) is 7.03.